The Hall–Kier alpha value is -0.580. The quantitative estimate of drug-likeness (QED) is 0.838. The molecule has 0 aliphatic carbocycles. The van der Waals surface area contributed by atoms with Gasteiger partial charge in [0.2, 0.25) is 5.91 Å². The highest BCUT2D eigenvalue weighted by atomic mass is 35.5. The number of carbonyl (C=O) groups is 1. The molecule has 15 heavy (non-hydrogen) atoms. The molecule has 3 nitrogen and oxygen atoms in total. The number of amides is 1. The van der Waals surface area contributed by atoms with Gasteiger partial charge >= 0.3 is 0 Å². The second-order valence-corrected chi connectivity index (χ2v) is 4.25. The fraction of sp³-hybridized carbons (Fsp3) is 0.500. The highest BCUT2D eigenvalue weighted by Gasteiger charge is 2.23. The third-order valence-electron chi connectivity index (χ3n) is 2.43. The molecule has 1 fully saturated rings. The van der Waals surface area contributed by atoms with E-state index in [9.17, 15) is 4.79 Å². The van der Waals surface area contributed by atoms with Gasteiger partial charge in [0, 0.05) is 6.54 Å². The number of hydrogen-bond donors (Lipinski definition) is 2. The Morgan fingerprint density at radius 2 is 2.47 bits per heavy atom. The van der Waals surface area contributed by atoms with Gasteiger partial charge in [0.15, 0.2) is 0 Å². The van der Waals surface area contributed by atoms with Crippen LogP contribution >= 0.6 is 23.7 Å². The van der Waals surface area contributed by atoms with Crippen LogP contribution in [0.4, 0.5) is 0 Å². The zero-order valence-corrected chi connectivity index (χ0v) is 10.00. The molecule has 0 spiro atoms. The smallest absolute Gasteiger partial charge is 0.237 e. The third kappa shape index (κ3) is 3.48. The Balaban J connectivity index is 0.00000112. The van der Waals surface area contributed by atoms with E-state index in [1.165, 1.54) is 5.56 Å². The van der Waals surface area contributed by atoms with Crippen LogP contribution in [0.15, 0.2) is 16.8 Å². The molecule has 0 bridgehead atoms. The van der Waals surface area contributed by atoms with E-state index in [4.69, 9.17) is 0 Å². The minimum absolute atomic E-state index is 0. The molecule has 2 N–H and O–H groups in total. The minimum atomic E-state index is 0. The van der Waals surface area contributed by atoms with Crippen molar-refractivity contribution in [2.24, 2.45) is 0 Å². The van der Waals surface area contributed by atoms with Crippen molar-refractivity contribution in [3.8, 4) is 0 Å². The van der Waals surface area contributed by atoms with Gasteiger partial charge in [-0.05, 0) is 41.8 Å². The summed E-state index contributed by atoms with van der Waals surface area (Å²) in [5, 5.41) is 10.2. The molecule has 84 valence electrons. The summed E-state index contributed by atoms with van der Waals surface area (Å²) < 4.78 is 0. The summed E-state index contributed by atoms with van der Waals surface area (Å²) in [4.78, 5) is 11.4. The topological polar surface area (TPSA) is 41.1 Å². The highest BCUT2D eigenvalue weighted by Crippen LogP contribution is 2.06. The van der Waals surface area contributed by atoms with E-state index in [0.717, 1.165) is 25.9 Å². The number of rotatable bonds is 4. The van der Waals surface area contributed by atoms with Crippen molar-refractivity contribution < 1.29 is 4.79 Å². The van der Waals surface area contributed by atoms with Gasteiger partial charge in [-0.1, -0.05) is 0 Å². The van der Waals surface area contributed by atoms with E-state index in [1.807, 2.05) is 0 Å². The first-order valence-corrected chi connectivity index (χ1v) is 5.83. The molecule has 1 saturated heterocycles. The molecule has 0 radical (unpaired) electrons. The lowest BCUT2D eigenvalue weighted by Gasteiger charge is -2.26. The lowest BCUT2D eigenvalue weighted by molar-refractivity contribution is -0.124. The molecule has 2 rings (SSSR count). The summed E-state index contributed by atoms with van der Waals surface area (Å²) in [5.74, 6) is 0.145. The predicted molar refractivity (Wildman–Crippen MR) is 64.7 cm³/mol. The molecule has 0 saturated carbocycles. The Bertz CT molecular complexity index is 298. The van der Waals surface area contributed by atoms with Crippen LogP contribution in [0.25, 0.3) is 0 Å². The van der Waals surface area contributed by atoms with Crippen LogP contribution in [0.2, 0.25) is 0 Å². The van der Waals surface area contributed by atoms with Crippen LogP contribution in [0.5, 0.6) is 0 Å². The normalized spacial score (nSPS) is 18.8. The SMILES string of the molecule is Cl.O=C(NCCc1ccsc1)[C@H]1CCN1. The average Bonchev–Trinajstić information content (AvgIpc) is 2.53. The molecule has 1 aromatic rings. The second-order valence-electron chi connectivity index (χ2n) is 3.47. The van der Waals surface area contributed by atoms with E-state index >= 15 is 0 Å². The van der Waals surface area contributed by atoms with Crippen LogP contribution in [0.1, 0.15) is 12.0 Å². The van der Waals surface area contributed by atoms with Crippen molar-refractivity contribution in [2.45, 2.75) is 18.9 Å². The zero-order chi connectivity index (χ0) is 9.80. The summed E-state index contributed by atoms with van der Waals surface area (Å²) >= 11 is 1.70. The van der Waals surface area contributed by atoms with E-state index in [2.05, 4.69) is 27.5 Å². The number of nitrogens with one attached hydrogen (secondary N) is 2. The van der Waals surface area contributed by atoms with Crippen LogP contribution in [-0.2, 0) is 11.2 Å². The first-order valence-electron chi connectivity index (χ1n) is 4.88. The van der Waals surface area contributed by atoms with Crippen molar-refractivity contribution in [1.29, 1.82) is 0 Å². The van der Waals surface area contributed by atoms with Crippen molar-refractivity contribution in [3.63, 3.8) is 0 Å². The average molecular weight is 247 g/mol. The molecule has 0 aromatic carbocycles. The summed E-state index contributed by atoms with van der Waals surface area (Å²) in [7, 11) is 0. The Morgan fingerprint density at radius 3 is 3.00 bits per heavy atom. The van der Waals surface area contributed by atoms with E-state index in [0.29, 0.717) is 0 Å². The molecule has 0 unspecified atom stereocenters. The van der Waals surface area contributed by atoms with Crippen LogP contribution in [0.3, 0.4) is 0 Å². The van der Waals surface area contributed by atoms with Crippen molar-refractivity contribution >= 4 is 29.7 Å². The monoisotopic (exact) mass is 246 g/mol. The Kier molecular flexibility index (Phi) is 5.08. The fourth-order valence-electron chi connectivity index (χ4n) is 1.40. The van der Waals surface area contributed by atoms with Crippen molar-refractivity contribution in [3.05, 3.63) is 22.4 Å². The number of thiophene rings is 1. The minimum Gasteiger partial charge on any atom is -0.354 e. The van der Waals surface area contributed by atoms with E-state index < -0.39 is 0 Å². The summed E-state index contributed by atoms with van der Waals surface area (Å²) in [6, 6.07) is 2.16. The number of carbonyl (C=O) groups excluding carboxylic acids is 1. The Morgan fingerprint density at radius 1 is 1.67 bits per heavy atom. The van der Waals surface area contributed by atoms with Gasteiger partial charge in [-0.15, -0.1) is 12.4 Å². The van der Waals surface area contributed by atoms with E-state index in [-0.39, 0.29) is 24.4 Å². The second kappa shape index (κ2) is 6.10. The lowest BCUT2D eigenvalue weighted by Crippen LogP contribution is -2.53. The van der Waals surface area contributed by atoms with Crippen molar-refractivity contribution in [2.75, 3.05) is 13.1 Å². The molecule has 2 heterocycles. The van der Waals surface area contributed by atoms with E-state index in [1.54, 1.807) is 11.3 Å². The highest BCUT2D eigenvalue weighted by molar-refractivity contribution is 7.07. The molecular weight excluding hydrogens is 232 g/mol. The maximum absolute atomic E-state index is 11.4. The first kappa shape index (κ1) is 12.5. The molecule has 1 amide bonds. The van der Waals surface area contributed by atoms with Gasteiger partial charge < -0.3 is 10.6 Å². The number of halogens is 1. The van der Waals surface area contributed by atoms with Gasteiger partial charge in [0.05, 0.1) is 6.04 Å². The maximum atomic E-state index is 11.4. The summed E-state index contributed by atoms with van der Waals surface area (Å²) in [5.41, 5.74) is 1.30. The standard InChI is InChI=1S/C10H14N2OS.ClH/c13-10(9-2-5-11-9)12-4-1-8-3-6-14-7-8;/h3,6-7,9,11H,1-2,4-5H2,(H,12,13);1H/t9-;/m1./s1. The fourth-order valence-corrected chi connectivity index (χ4v) is 2.10. The molecule has 5 heteroatoms. The molecule has 1 atom stereocenters. The van der Waals surface area contributed by atoms with Gasteiger partial charge in [-0.25, -0.2) is 0 Å². The molecule has 1 aliphatic heterocycles. The van der Waals surface area contributed by atoms with Gasteiger partial charge in [0.1, 0.15) is 0 Å². The summed E-state index contributed by atoms with van der Waals surface area (Å²) in [6.07, 6.45) is 1.91. The molecule has 1 aromatic heterocycles. The lowest BCUT2D eigenvalue weighted by atomic mass is 10.1. The van der Waals surface area contributed by atoms with Gasteiger partial charge in [-0.3, -0.25) is 4.79 Å². The Labute approximate surface area is 99.7 Å². The predicted octanol–water partition coefficient (Wildman–Crippen LogP) is 1.19. The van der Waals surface area contributed by atoms with Crippen LogP contribution in [-0.4, -0.2) is 25.0 Å². The summed E-state index contributed by atoms with van der Waals surface area (Å²) in [6.45, 7) is 1.72. The van der Waals surface area contributed by atoms with Crippen molar-refractivity contribution in [1.82, 2.24) is 10.6 Å². The van der Waals surface area contributed by atoms with Gasteiger partial charge in [0.25, 0.3) is 0 Å². The van der Waals surface area contributed by atoms with Gasteiger partial charge in [-0.2, -0.15) is 11.3 Å². The number of hydrogen-bond acceptors (Lipinski definition) is 3. The third-order valence-corrected chi connectivity index (χ3v) is 3.17. The van der Waals surface area contributed by atoms with Crippen LogP contribution < -0.4 is 10.6 Å². The zero-order valence-electron chi connectivity index (χ0n) is 8.36. The maximum Gasteiger partial charge on any atom is 0.237 e. The molecular formula is C10H15ClN2OS. The first-order chi connectivity index (χ1) is 6.86. The van der Waals surface area contributed by atoms with Crippen LogP contribution in [0, 0.1) is 0 Å². The largest absolute Gasteiger partial charge is 0.354 e. The molecule has 1 aliphatic rings.